The fourth-order valence-corrected chi connectivity index (χ4v) is 1.98. The van der Waals surface area contributed by atoms with Gasteiger partial charge in [0.25, 0.3) is 0 Å². The van der Waals surface area contributed by atoms with Crippen LogP contribution in [-0.4, -0.2) is 37.8 Å². The standard InChI is InChI=1S/C15H23N5O2/c1-15(2,3)14-17-12(22-18-14)6-7-13(21)19(4)9-11-8-16-20(5)10-11/h8,10H,6-7,9H2,1-5H3. The summed E-state index contributed by atoms with van der Waals surface area (Å²) in [5, 5.41) is 8.05. The van der Waals surface area contributed by atoms with Crippen LogP contribution in [0.5, 0.6) is 0 Å². The minimum absolute atomic E-state index is 0.0411. The number of carbonyl (C=O) groups is 1. The Bertz CT molecular complexity index is 638. The van der Waals surface area contributed by atoms with Crippen molar-refractivity contribution in [2.45, 2.75) is 45.6 Å². The molecule has 0 N–H and O–H groups in total. The molecule has 0 aliphatic carbocycles. The summed E-state index contributed by atoms with van der Waals surface area (Å²) in [5.74, 6) is 1.21. The number of carbonyl (C=O) groups excluding carboxylic acids is 1. The first-order chi connectivity index (χ1) is 10.3. The number of hydrogen-bond donors (Lipinski definition) is 0. The van der Waals surface area contributed by atoms with Gasteiger partial charge in [0, 0.05) is 50.7 Å². The van der Waals surface area contributed by atoms with E-state index in [2.05, 4.69) is 15.2 Å². The molecule has 1 amide bonds. The van der Waals surface area contributed by atoms with E-state index in [1.807, 2.05) is 34.0 Å². The fraction of sp³-hybridized carbons (Fsp3) is 0.600. The van der Waals surface area contributed by atoms with E-state index in [9.17, 15) is 4.79 Å². The summed E-state index contributed by atoms with van der Waals surface area (Å²) in [6.07, 6.45) is 4.47. The Labute approximate surface area is 130 Å². The molecule has 0 bridgehead atoms. The maximum atomic E-state index is 12.1. The largest absolute Gasteiger partial charge is 0.341 e. The Balaban J connectivity index is 1.85. The summed E-state index contributed by atoms with van der Waals surface area (Å²) in [6.45, 7) is 6.61. The number of amides is 1. The first kappa shape index (κ1) is 16.2. The lowest BCUT2D eigenvalue weighted by Crippen LogP contribution is -2.26. The highest BCUT2D eigenvalue weighted by atomic mass is 16.5. The molecule has 7 heteroatoms. The lowest BCUT2D eigenvalue weighted by atomic mass is 9.96. The van der Waals surface area contributed by atoms with Gasteiger partial charge in [0.1, 0.15) is 0 Å². The first-order valence-corrected chi connectivity index (χ1v) is 7.30. The van der Waals surface area contributed by atoms with Crippen LogP contribution in [0.15, 0.2) is 16.9 Å². The quantitative estimate of drug-likeness (QED) is 0.840. The smallest absolute Gasteiger partial charge is 0.227 e. The highest BCUT2D eigenvalue weighted by molar-refractivity contribution is 5.76. The van der Waals surface area contributed by atoms with Crippen molar-refractivity contribution in [3.05, 3.63) is 29.7 Å². The van der Waals surface area contributed by atoms with E-state index in [1.165, 1.54) is 0 Å². The molecule has 0 radical (unpaired) electrons. The van der Waals surface area contributed by atoms with Crippen LogP contribution in [0, 0.1) is 0 Å². The van der Waals surface area contributed by atoms with Crippen molar-refractivity contribution in [2.75, 3.05) is 7.05 Å². The molecule has 0 aliphatic rings. The van der Waals surface area contributed by atoms with Gasteiger partial charge in [-0.15, -0.1) is 0 Å². The summed E-state index contributed by atoms with van der Waals surface area (Å²) in [6, 6.07) is 0. The first-order valence-electron chi connectivity index (χ1n) is 7.30. The minimum atomic E-state index is -0.150. The highest BCUT2D eigenvalue weighted by Crippen LogP contribution is 2.18. The fourth-order valence-electron chi connectivity index (χ4n) is 1.98. The average Bonchev–Trinajstić information content (AvgIpc) is 3.04. The molecule has 120 valence electrons. The van der Waals surface area contributed by atoms with Crippen LogP contribution in [0.4, 0.5) is 0 Å². The third-order valence-corrected chi connectivity index (χ3v) is 3.30. The zero-order chi connectivity index (χ0) is 16.3. The van der Waals surface area contributed by atoms with Gasteiger partial charge in [-0.05, 0) is 0 Å². The zero-order valence-corrected chi connectivity index (χ0v) is 13.8. The highest BCUT2D eigenvalue weighted by Gasteiger charge is 2.21. The second-order valence-corrected chi connectivity index (χ2v) is 6.53. The Morgan fingerprint density at radius 1 is 1.41 bits per heavy atom. The van der Waals surface area contributed by atoms with Crippen LogP contribution >= 0.6 is 0 Å². The molecule has 2 heterocycles. The minimum Gasteiger partial charge on any atom is -0.341 e. The van der Waals surface area contributed by atoms with E-state index in [0.717, 1.165) is 5.56 Å². The monoisotopic (exact) mass is 305 g/mol. The molecule has 0 unspecified atom stereocenters. The summed E-state index contributed by atoms with van der Waals surface area (Å²) in [5.41, 5.74) is 0.856. The number of hydrogen-bond acceptors (Lipinski definition) is 5. The second kappa shape index (κ2) is 6.29. The lowest BCUT2D eigenvalue weighted by Gasteiger charge is -2.15. The normalized spacial score (nSPS) is 11.7. The van der Waals surface area contributed by atoms with Crippen molar-refractivity contribution in [3.8, 4) is 0 Å². The maximum absolute atomic E-state index is 12.1. The van der Waals surface area contributed by atoms with E-state index >= 15 is 0 Å². The van der Waals surface area contributed by atoms with Gasteiger partial charge < -0.3 is 9.42 Å². The van der Waals surface area contributed by atoms with E-state index in [1.54, 1.807) is 22.8 Å². The number of nitrogens with zero attached hydrogens (tertiary/aromatic N) is 5. The van der Waals surface area contributed by atoms with Gasteiger partial charge in [0.2, 0.25) is 11.8 Å². The van der Waals surface area contributed by atoms with Gasteiger partial charge >= 0.3 is 0 Å². The summed E-state index contributed by atoms with van der Waals surface area (Å²) in [4.78, 5) is 18.2. The van der Waals surface area contributed by atoms with Crippen LogP contribution < -0.4 is 0 Å². The molecule has 0 saturated heterocycles. The third-order valence-electron chi connectivity index (χ3n) is 3.30. The molecule has 0 spiro atoms. The molecule has 2 aromatic rings. The zero-order valence-electron chi connectivity index (χ0n) is 13.8. The van der Waals surface area contributed by atoms with Gasteiger partial charge in [-0.1, -0.05) is 25.9 Å². The van der Waals surface area contributed by atoms with E-state index < -0.39 is 0 Å². The van der Waals surface area contributed by atoms with Gasteiger partial charge in [-0.25, -0.2) is 0 Å². The van der Waals surface area contributed by atoms with Crippen molar-refractivity contribution < 1.29 is 9.32 Å². The molecular formula is C15H23N5O2. The number of rotatable bonds is 5. The molecule has 0 atom stereocenters. The lowest BCUT2D eigenvalue weighted by molar-refractivity contribution is -0.130. The van der Waals surface area contributed by atoms with Crippen LogP contribution in [-0.2, 0) is 30.2 Å². The SMILES string of the molecule is CN(Cc1cnn(C)c1)C(=O)CCc1nc(C(C)(C)C)no1. The predicted octanol–water partition coefficient (Wildman–Crippen LogP) is 1.69. The number of aromatic nitrogens is 4. The molecule has 2 aromatic heterocycles. The van der Waals surface area contributed by atoms with E-state index in [0.29, 0.717) is 31.1 Å². The Kier molecular flexibility index (Phi) is 4.63. The van der Waals surface area contributed by atoms with Crippen LogP contribution in [0.3, 0.4) is 0 Å². The Hall–Kier alpha value is -2.18. The van der Waals surface area contributed by atoms with Gasteiger partial charge in [0.15, 0.2) is 5.82 Å². The van der Waals surface area contributed by atoms with E-state index in [-0.39, 0.29) is 11.3 Å². The predicted molar refractivity (Wildman–Crippen MR) is 81.0 cm³/mol. The van der Waals surface area contributed by atoms with Crippen LogP contribution in [0.25, 0.3) is 0 Å². The van der Waals surface area contributed by atoms with E-state index in [4.69, 9.17) is 4.52 Å². The van der Waals surface area contributed by atoms with Gasteiger partial charge in [-0.3, -0.25) is 9.48 Å². The van der Waals surface area contributed by atoms with Crippen molar-refractivity contribution in [1.29, 1.82) is 0 Å². The molecular weight excluding hydrogens is 282 g/mol. The molecule has 2 rings (SSSR count). The summed E-state index contributed by atoms with van der Waals surface area (Å²) < 4.78 is 6.92. The van der Waals surface area contributed by atoms with Crippen molar-refractivity contribution in [2.24, 2.45) is 7.05 Å². The Morgan fingerprint density at radius 3 is 2.68 bits per heavy atom. The topological polar surface area (TPSA) is 77.1 Å². The number of aryl methyl sites for hydroxylation is 2. The van der Waals surface area contributed by atoms with Crippen molar-refractivity contribution >= 4 is 5.91 Å². The van der Waals surface area contributed by atoms with Crippen molar-refractivity contribution in [1.82, 2.24) is 24.8 Å². The van der Waals surface area contributed by atoms with Crippen LogP contribution in [0.2, 0.25) is 0 Å². The molecule has 0 saturated carbocycles. The molecule has 0 fully saturated rings. The summed E-state index contributed by atoms with van der Waals surface area (Å²) in [7, 11) is 3.64. The van der Waals surface area contributed by atoms with Crippen molar-refractivity contribution in [3.63, 3.8) is 0 Å². The van der Waals surface area contributed by atoms with Crippen LogP contribution in [0.1, 0.15) is 44.5 Å². The Morgan fingerprint density at radius 2 is 2.14 bits per heavy atom. The molecule has 7 nitrogen and oxygen atoms in total. The second-order valence-electron chi connectivity index (χ2n) is 6.53. The van der Waals surface area contributed by atoms with Gasteiger partial charge in [-0.2, -0.15) is 10.1 Å². The van der Waals surface area contributed by atoms with Gasteiger partial charge in [0.05, 0.1) is 6.20 Å². The molecule has 0 aromatic carbocycles. The molecule has 22 heavy (non-hydrogen) atoms. The average molecular weight is 305 g/mol. The summed E-state index contributed by atoms with van der Waals surface area (Å²) >= 11 is 0. The molecule has 0 aliphatic heterocycles. The third kappa shape index (κ3) is 4.16. The maximum Gasteiger partial charge on any atom is 0.227 e.